The predicted molar refractivity (Wildman–Crippen MR) is 64.2 cm³/mol. The summed E-state index contributed by atoms with van der Waals surface area (Å²) in [5.41, 5.74) is 5.65. The van der Waals surface area contributed by atoms with E-state index in [-0.39, 0.29) is 0 Å². The van der Waals surface area contributed by atoms with Crippen molar-refractivity contribution in [3.05, 3.63) is 0 Å². The van der Waals surface area contributed by atoms with Crippen molar-refractivity contribution >= 4 is 0 Å². The second-order valence-electron chi connectivity index (χ2n) is 5.80. The van der Waals surface area contributed by atoms with Crippen molar-refractivity contribution in [2.75, 3.05) is 19.7 Å². The van der Waals surface area contributed by atoms with Gasteiger partial charge < -0.3 is 10.5 Å². The van der Waals surface area contributed by atoms with E-state index in [2.05, 4.69) is 11.0 Å². The first-order valence-electron chi connectivity index (χ1n) is 6.79. The number of nitrogens with two attached hydrogens (primary N) is 1. The Balaban J connectivity index is 1.69. The SMILES string of the molecule is N#CC(N)(CN1CCOC2CCCC21)C1CC1. The first kappa shape index (κ1) is 11.5. The zero-order valence-electron chi connectivity index (χ0n) is 10.3. The third kappa shape index (κ3) is 2.08. The third-order valence-corrected chi connectivity index (χ3v) is 4.58. The van der Waals surface area contributed by atoms with Crippen molar-refractivity contribution in [1.29, 1.82) is 5.26 Å². The molecule has 94 valence electrons. The highest BCUT2D eigenvalue weighted by atomic mass is 16.5. The van der Waals surface area contributed by atoms with Crippen LogP contribution >= 0.6 is 0 Å². The van der Waals surface area contributed by atoms with Crippen molar-refractivity contribution in [3.63, 3.8) is 0 Å². The molecule has 0 spiro atoms. The van der Waals surface area contributed by atoms with Crippen LogP contribution in [-0.2, 0) is 4.74 Å². The van der Waals surface area contributed by atoms with E-state index in [1.54, 1.807) is 0 Å². The van der Waals surface area contributed by atoms with E-state index >= 15 is 0 Å². The summed E-state index contributed by atoms with van der Waals surface area (Å²) in [6.45, 7) is 2.47. The Kier molecular flexibility index (Phi) is 2.86. The summed E-state index contributed by atoms with van der Waals surface area (Å²) in [4.78, 5) is 2.42. The van der Waals surface area contributed by atoms with E-state index in [1.165, 1.54) is 19.3 Å². The molecule has 3 unspecified atom stereocenters. The second kappa shape index (κ2) is 4.24. The van der Waals surface area contributed by atoms with Crippen molar-refractivity contribution in [1.82, 2.24) is 4.90 Å². The minimum Gasteiger partial charge on any atom is -0.375 e. The number of morpholine rings is 1. The summed E-state index contributed by atoms with van der Waals surface area (Å²) in [5, 5.41) is 9.33. The molecule has 0 aromatic heterocycles. The Bertz CT molecular complexity index is 336. The second-order valence-corrected chi connectivity index (χ2v) is 5.80. The fourth-order valence-electron chi connectivity index (χ4n) is 3.39. The molecule has 2 saturated carbocycles. The van der Waals surface area contributed by atoms with Crippen LogP contribution < -0.4 is 5.73 Å². The van der Waals surface area contributed by atoms with Crippen LogP contribution in [0.1, 0.15) is 32.1 Å². The summed E-state index contributed by atoms with van der Waals surface area (Å²) < 4.78 is 5.79. The van der Waals surface area contributed by atoms with Crippen molar-refractivity contribution in [2.24, 2.45) is 11.7 Å². The molecule has 2 N–H and O–H groups in total. The minimum atomic E-state index is -0.621. The molecule has 0 radical (unpaired) electrons. The monoisotopic (exact) mass is 235 g/mol. The van der Waals surface area contributed by atoms with Gasteiger partial charge in [-0.05, 0) is 38.0 Å². The van der Waals surface area contributed by atoms with Crippen LogP contribution in [0.4, 0.5) is 0 Å². The van der Waals surface area contributed by atoms with Gasteiger partial charge in [0.1, 0.15) is 5.54 Å². The number of hydrogen-bond acceptors (Lipinski definition) is 4. The van der Waals surface area contributed by atoms with Gasteiger partial charge >= 0.3 is 0 Å². The lowest BCUT2D eigenvalue weighted by Crippen LogP contribution is -2.58. The summed E-state index contributed by atoms with van der Waals surface area (Å²) in [6.07, 6.45) is 6.28. The van der Waals surface area contributed by atoms with Crippen LogP contribution in [0.2, 0.25) is 0 Å². The van der Waals surface area contributed by atoms with Gasteiger partial charge in [0.25, 0.3) is 0 Å². The average Bonchev–Trinajstić information content (AvgIpc) is 3.09. The van der Waals surface area contributed by atoms with Crippen LogP contribution in [0.5, 0.6) is 0 Å². The number of ether oxygens (including phenoxy) is 1. The normalized spacial score (nSPS) is 37.2. The number of hydrogen-bond donors (Lipinski definition) is 1. The van der Waals surface area contributed by atoms with E-state index in [9.17, 15) is 5.26 Å². The molecule has 0 amide bonds. The summed E-state index contributed by atoms with van der Waals surface area (Å²) in [7, 11) is 0. The molecule has 0 bridgehead atoms. The first-order valence-corrected chi connectivity index (χ1v) is 6.79. The molecule has 3 rings (SSSR count). The Morgan fingerprint density at radius 2 is 2.18 bits per heavy atom. The molecule has 0 aromatic rings. The molecule has 3 atom stereocenters. The zero-order valence-corrected chi connectivity index (χ0v) is 10.3. The molecule has 3 fully saturated rings. The molecular weight excluding hydrogens is 214 g/mol. The van der Waals surface area contributed by atoms with E-state index in [0.29, 0.717) is 18.1 Å². The van der Waals surface area contributed by atoms with Gasteiger partial charge in [-0.1, -0.05) is 0 Å². The summed E-state index contributed by atoms with van der Waals surface area (Å²) in [5.74, 6) is 0.426. The molecular formula is C13H21N3O. The first-order chi connectivity index (χ1) is 8.23. The van der Waals surface area contributed by atoms with Gasteiger partial charge in [0.2, 0.25) is 0 Å². The van der Waals surface area contributed by atoms with E-state index in [4.69, 9.17) is 10.5 Å². The highest BCUT2D eigenvalue weighted by molar-refractivity contribution is 5.15. The van der Waals surface area contributed by atoms with E-state index < -0.39 is 5.54 Å². The Morgan fingerprint density at radius 1 is 1.35 bits per heavy atom. The van der Waals surface area contributed by atoms with Gasteiger partial charge in [0, 0.05) is 19.1 Å². The Morgan fingerprint density at radius 3 is 2.88 bits per heavy atom. The lowest BCUT2D eigenvalue weighted by atomic mass is 9.94. The van der Waals surface area contributed by atoms with Crippen LogP contribution in [0.25, 0.3) is 0 Å². The van der Waals surface area contributed by atoms with Crippen LogP contribution in [0, 0.1) is 17.2 Å². The lowest BCUT2D eigenvalue weighted by Gasteiger charge is -2.40. The smallest absolute Gasteiger partial charge is 0.119 e. The number of rotatable bonds is 3. The zero-order chi connectivity index (χ0) is 11.9. The fraction of sp³-hybridized carbons (Fsp3) is 0.923. The molecule has 1 aliphatic heterocycles. The standard InChI is InChI=1S/C13H21N3O/c14-8-13(15,10-4-5-10)9-16-6-7-17-12-3-1-2-11(12)16/h10-12H,1-7,9,15H2. The molecule has 17 heavy (non-hydrogen) atoms. The molecule has 1 heterocycles. The largest absolute Gasteiger partial charge is 0.375 e. The average molecular weight is 235 g/mol. The molecule has 4 nitrogen and oxygen atoms in total. The van der Waals surface area contributed by atoms with Crippen molar-refractivity contribution in [3.8, 4) is 6.07 Å². The van der Waals surface area contributed by atoms with Crippen molar-refractivity contribution < 1.29 is 4.74 Å². The maximum Gasteiger partial charge on any atom is 0.119 e. The van der Waals surface area contributed by atoms with Gasteiger partial charge in [-0.25, -0.2) is 0 Å². The molecule has 0 aromatic carbocycles. The van der Waals surface area contributed by atoms with E-state index in [0.717, 1.165) is 32.5 Å². The predicted octanol–water partition coefficient (Wildman–Crippen LogP) is 0.871. The molecule has 2 aliphatic carbocycles. The van der Waals surface area contributed by atoms with Gasteiger partial charge in [-0.3, -0.25) is 4.90 Å². The summed E-state index contributed by atoms with van der Waals surface area (Å²) >= 11 is 0. The van der Waals surface area contributed by atoms with Gasteiger partial charge in [0.15, 0.2) is 0 Å². The maximum absolute atomic E-state index is 9.33. The highest BCUT2D eigenvalue weighted by Crippen LogP contribution is 2.40. The van der Waals surface area contributed by atoms with Gasteiger partial charge in [-0.2, -0.15) is 5.26 Å². The molecule has 1 saturated heterocycles. The number of fused-ring (bicyclic) bond motifs is 1. The summed E-state index contributed by atoms with van der Waals surface area (Å²) in [6, 6.07) is 2.88. The fourth-order valence-corrected chi connectivity index (χ4v) is 3.39. The maximum atomic E-state index is 9.33. The molecule has 3 aliphatic rings. The topological polar surface area (TPSA) is 62.3 Å². The lowest BCUT2D eigenvalue weighted by molar-refractivity contribution is -0.0604. The van der Waals surface area contributed by atoms with Crippen LogP contribution in [0.3, 0.4) is 0 Å². The number of nitrogens with zero attached hydrogens (tertiary/aromatic N) is 2. The van der Waals surface area contributed by atoms with Crippen LogP contribution in [0.15, 0.2) is 0 Å². The number of nitriles is 1. The van der Waals surface area contributed by atoms with Gasteiger partial charge in [-0.15, -0.1) is 0 Å². The minimum absolute atomic E-state index is 0.394. The van der Waals surface area contributed by atoms with Crippen molar-refractivity contribution in [2.45, 2.75) is 49.8 Å². The third-order valence-electron chi connectivity index (χ3n) is 4.58. The van der Waals surface area contributed by atoms with E-state index in [1.807, 2.05) is 0 Å². The quantitative estimate of drug-likeness (QED) is 0.788. The van der Waals surface area contributed by atoms with Crippen LogP contribution in [-0.4, -0.2) is 42.3 Å². The van der Waals surface area contributed by atoms with Gasteiger partial charge in [0.05, 0.1) is 18.8 Å². The molecule has 4 heteroatoms. The Hall–Kier alpha value is -0.630. The Labute approximate surface area is 103 Å². The highest BCUT2D eigenvalue weighted by Gasteiger charge is 2.46.